The number of aliphatic hydroxyl groups is 1. The van der Waals surface area contributed by atoms with Gasteiger partial charge < -0.3 is 15.3 Å². The van der Waals surface area contributed by atoms with Crippen molar-refractivity contribution < 1.29 is 9.90 Å². The van der Waals surface area contributed by atoms with Crippen LogP contribution in [0, 0.1) is 0 Å². The first-order valence-corrected chi connectivity index (χ1v) is 5.23. The molecule has 1 saturated carbocycles. The quantitative estimate of drug-likeness (QED) is 0.672. The summed E-state index contributed by atoms with van der Waals surface area (Å²) in [6.45, 7) is 0.328. The van der Waals surface area contributed by atoms with Crippen LogP contribution >= 0.6 is 0 Å². The molecule has 1 aliphatic rings. The van der Waals surface area contributed by atoms with E-state index in [1.807, 2.05) is 0 Å². The van der Waals surface area contributed by atoms with Gasteiger partial charge in [0.1, 0.15) is 0 Å². The molecule has 0 aliphatic heterocycles. The molecule has 0 aromatic heterocycles. The van der Waals surface area contributed by atoms with Crippen molar-refractivity contribution in [3.63, 3.8) is 0 Å². The number of amides is 1. The zero-order chi connectivity index (χ0) is 10.6. The lowest BCUT2D eigenvalue weighted by molar-refractivity contribution is -0.128. The molecule has 4 heteroatoms. The summed E-state index contributed by atoms with van der Waals surface area (Å²) < 4.78 is 0. The summed E-state index contributed by atoms with van der Waals surface area (Å²) in [6.07, 6.45) is 3.79. The van der Waals surface area contributed by atoms with Gasteiger partial charge in [-0.05, 0) is 12.8 Å². The summed E-state index contributed by atoms with van der Waals surface area (Å²) in [5.74, 6) is 0.0581. The van der Waals surface area contributed by atoms with E-state index >= 15 is 0 Å². The van der Waals surface area contributed by atoms with Crippen LogP contribution in [0.1, 0.15) is 25.7 Å². The standard InChI is InChI=1S/C10H20N2O2/c1-12(2)10(14)7-11-8-5-3-4-6-9(8)13/h8-9,11,13H,3-7H2,1-2H3/t8-,9-/m1/s1. The van der Waals surface area contributed by atoms with Gasteiger partial charge in [0.2, 0.25) is 5.91 Å². The van der Waals surface area contributed by atoms with Crippen molar-refractivity contribution >= 4 is 5.91 Å². The third-order valence-corrected chi connectivity index (χ3v) is 2.74. The Bertz CT molecular complexity index is 195. The monoisotopic (exact) mass is 200 g/mol. The van der Waals surface area contributed by atoms with Crippen molar-refractivity contribution in [1.29, 1.82) is 0 Å². The summed E-state index contributed by atoms with van der Waals surface area (Å²) in [6, 6.07) is 0.104. The lowest BCUT2D eigenvalue weighted by Gasteiger charge is -2.28. The molecule has 0 aromatic carbocycles. The maximum Gasteiger partial charge on any atom is 0.236 e. The number of carbonyl (C=O) groups excluding carboxylic acids is 1. The van der Waals surface area contributed by atoms with E-state index in [4.69, 9.17) is 0 Å². The Morgan fingerprint density at radius 3 is 2.64 bits per heavy atom. The minimum atomic E-state index is -0.279. The Balaban J connectivity index is 2.26. The average molecular weight is 200 g/mol. The zero-order valence-corrected chi connectivity index (χ0v) is 8.99. The molecule has 0 saturated heterocycles. The molecule has 1 rings (SSSR count). The van der Waals surface area contributed by atoms with Crippen molar-refractivity contribution in [2.24, 2.45) is 0 Å². The van der Waals surface area contributed by atoms with Gasteiger partial charge in [-0.15, -0.1) is 0 Å². The van der Waals surface area contributed by atoms with E-state index in [9.17, 15) is 9.90 Å². The highest BCUT2D eigenvalue weighted by atomic mass is 16.3. The largest absolute Gasteiger partial charge is 0.392 e. The number of nitrogens with zero attached hydrogens (tertiary/aromatic N) is 1. The van der Waals surface area contributed by atoms with Gasteiger partial charge in [0.15, 0.2) is 0 Å². The third-order valence-electron chi connectivity index (χ3n) is 2.74. The summed E-state index contributed by atoms with van der Waals surface area (Å²) >= 11 is 0. The molecule has 82 valence electrons. The predicted molar refractivity (Wildman–Crippen MR) is 55.0 cm³/mol. The van der Waals surface area contributed by atoms with Gasteiger partial charge in [0.05, 0.1) is 12.6 Å². The third kappa shape index (κ3) is 3.27. The summed E-state index contributed by atoms with van der Waals surface area (Å²) in [4.78, 5) is 12.8. The summed E-state index contributed by atoms with van der Waals surface area (Å²) in [7, 11) is 3.47. The Kier molecular flexibility index (Phi) is 4.35. The molecule has 2 atom stereocenters. The van der Waals surface area contributed by atoms with Crippen LogP contribution in [0.4, 0.5) is 0 Å². The van der Waals surface area contributed by atoms with Gasteiger partial charge in [-0.25, -0.2) is 0 Å². The molecular formula is C10H20N2O2. The second-order valence-corrected chi connectivity index (χ2v) is 4.13. The van der Waals surface area contributed by atoms with E-state index in [1.54, 1.807) is 19.0 Å². The second kappa shape index (κ2) is 5.32. The first-order valence-electron chi connectivity index (χ1n) is 5.23. The summed E-state index contributed by atoms with van der Waals surface area (Å²) in [5.41, 5.74) is 0. The van der Waals surface area contributed by atoms with E-state index in [1.165, 1.54) is 0 Å². The predicted octanol–water partition coefficient (Wildman–Crippen LogP) is -0.0323. The van der Waals surface area contributed by atoms with Crippen LogP contribution in [-0.4, -0.2) is 48.7 Å². The highest BCUT2D eigenvalue weighted by Crippen LogP contribution is 2.17. The SMILES string of the molecule is CN(C)C(=O)CN[C@@H]1CCCC[C@H]1O. The van der Waals surface area contributed by atoms with E-state index in [2.05, 4.69) is 5.32 Å². The van der Waals surface area contributed by atoms with E-state index in [0.717, 1.165) is 25.7 Å². The first-order chi connectivity index (χ1) is 6.61. The van der Waals surface area contributed by atoms with Crippen molar-refractivity contribution in [3.05, 3.63) is 0 Å². The number of hydrogen-bond donors (Lipinski definition) is 2. The fourth-order valence-electron chi connectivity index (χ4n) is 1.73. The van der Waals surface area contributed by atoms with Crippen LogP contribution in [0.2, 0.25) is 0 Å². The number of hydrogen-bond acceptors (Lipinski definition) is 3. The van der Waals surface area contributed by atoms with Gasteiger partial charge >= 0.3 is 0 Å². The van der Waals surface area contributed by atoms with E-state index < -0.39 is 0 Å². The fourth-order valence-corrected chi connectivity index (χ4v) is 1.73. The van der Waals surface area contributed by atoms with Gasteiger partial charge in [-0.2, -0.15) is 0 Å². The minimum Gasteiger partial charge on any atom is -0.392 e. The van der Waals surface area contributed by atoms with Gasteiger partial charge in [-0.1, -0.05) is 12.8 Å². The number of carbonyl (C=O) groups is 1. The van der Waals surface area contributed by atoms with Crippen LogP contribution in [0.3, 0.4) is 0 Å². The Hall–Kier alpha value is -0.610. The molecule has 1 aliphatic carbocycles. The van der Waals surface area contributed by atoms with Crippen LogP contribution in [0.5, 0.6) is 0 Å². The molecule has 14 heavy (non-hydrogen) atoms. The molecule has 1 amide bonds. The Morgan fingerprint density at radius 1 is 1.43 bits per heavy atom. The number of aliphatic hydroxyl groups excluding tert-OH is 1. The molecule has 2 N–H and O–H groups in total. The normalized spacial score (nSPS) is 27.4. The Morgan fingerprint density at radius 2 is 2.07 bits per heavy atom. The molecule has 1 fully saturated rings. The highest BCUT2D eigenvalue weighted by Gasteiger charge is 2.22. The van der Waals surface area contributed by atoms with Crippen molar-refractivity contribution in [3.8, 4) is 0 Å². The lowest BCUT2D eigenvalue weighted by atomic mass is 9.92. The van der Waals surface area contributed by atoms with Crippen molar-refractivity contribution in [1.82, 2.24) is 10.2 Å². The zero-order valence-electron chi connectivity index (χ0n) is 8.99. The maximum absolute atomic E-state index is 11.3. The molecule has 0 aromatic rings. The maximum atomic E-state index is 11.3. The highest BCUT2D eigenvalue weighted by molar-refractivity contribution is 5.77. The number of likely N-dealkylation sites (N-methyl/N-ethyl adjacent to an activating group) is 1. The molecule has 0 heterocycles. The number of nitrogens with one attached hydrogen (secondary N) is 1. The van der Waals surface area contributed by atoms with Crippen LogP contribution in [-0.2, 0) is 4.79 Å². The molecule has 0 radical (unpaired) electrons. The molecule has 4 nitrogen and oxygen atoms in total. The summed E-state index contributed by atoms with van der Waals surface area (Å²) in [5, 5.41) is 12.7. The molecule has 0 spiro atoms. The van der Waals surface area contributed by atoms with Gasteiger partial charge in [0.25, 0.3) is 0 Å². The van der Waals surface area contributed by atoms with Crippen LogP contribution in [0.25, 0.3) is 0 Å². The second-order valence-electron chi connectivity index (χ2n) is 4.13. The fraction of sp³-hybridized carbons (Fsp3) is 0.900. The van der Waals surface area contributed by atoms with Gasteiger partial charge in [-0.3, -0.25) is 4.79 Å². The van der Waals surface area contributed by atoms with Crippen molar-refractivity contribution in [2.45, 2.75) is 37.8 Å². The van der Waals surface area contributed by atoms with E-state index in [0.29, 0.717) is 6.54 Å². The first kappa shape index (κ1) is 11.5. The smallest absolute Gasteiger partial charge is 0.236 e. The average Bonchev–Trinajstić information content (AvgIpc) is 2.16. The van der Waals surface area contributed by atoms with Gasteiger partial charge in [0, 0.05) is 20.1 Å². The van der Waals surface area contributed by atoms with Crippen molar-refractivity contribution in [2.75, 3.05) is 20.6 Å². The minimum absolute atomic E-state index is 0.0581. The lowest BCUT2D eigenvalue weighted by Crippen LogP contribution is -2.46. The number of rotatable bonds is 3. The van der Waals surface area contributed by atoms with Crippen LogP contribution < -0.4 is 5.32 Å². The topological polar surface area (TPSA) is 52.6 Å². The molecule has 0 bridgehead atoms. The van der Waals surface area contributed by atoms with Crippen LogP contribution in [0.15, 0.2) is 0 Å². The Labute approximate surface area is 85.3 Å². The molecule has 0 unspecified atom stereocenters. The molecular weight excluding hydrogens is 180 g/mol. The van der Waals surface area contributed by atoms with E-state index in [-0.39, 0.29) is 18.1 Å².